The van der Waals surface area contributed by atoms with E-state index in [1.165, 1.54) is 16.6 Å². The molecular weight excluding hydrogens is 264 g/mol. The number of halogens is 1. The van der Waals surface area contributed by atoms with Crippen LogP contribution in [0.3, 0.4) is 0 Å². The Labute approximate surface area is 105 Å². The molecule has 16 heavy (non-hydrogen) atoms. The number of rotatable bonds is 3. The van der Waals surface area contributed by atoms with Crippen molar-refractivity contribution in [3.05, 3.63) is 34.4 Å². The number of benzene rings is 1. The Morgan fingerprint density at radius 3 is 2.75 bits per heavy atom. The maximum atomic E-state index is 5.66. The van der Waals surface area contributed by atoms with Crippen molar-refractivity contribution in [2.45, 2.75) is 26.3 Å². The van der Waals surface area contributed by atoms with Crippen molar-refractivity contribution in [2.75, 3.05) is 6.54 Å². The molecule has 3 heteroatoms. The largest absolute Gasteiger partial charge is 0.341 e. The Hall–Kier alpha value is -0.800. The van der Waals surface area contributed by atoms with Crippen molar-refractivity contribution in [3.63, 3.8) is 0 Å². The summed E-state index contributed by atoms with van der Waals surface area (Å²) in [4.78, 5) is 0. The van der Waals surface area contributed by atoms with Crippen LogP contribution >= 0.6 is 15.9 Å². The molecule has 0 aliphatic carbocycles. The van der Waals surface area contributed by atoms with Gasteiger partial charge in [-0.1, -0.05) is 12.1 Å². The van der Waals surface area contributed by atoms with E-state index in [4.69, 9.17) is 5.73 Å². The summed E-state index contributed by atoms with van der Waals surface area (Å²) in [6.07, 6.45) is 0.930. The third kappa shape index (κ3) is 1.89. The molecule has 0 spiro atoms. The highest BCUT2D eigenvalue weighted by atomic mass is 79.9. The smallest absolute Gasteiger partial charge is 0.0629 e. The maximum absolute atomic E-state index is 5.66. The molecule has 0 amide bonds. The van der Waals surface area contributed by atoms with Gasteiger partial charge in [-0.15, -0.1) is 0 Å². The van der Waals surface area contributed by atoms with Gasteiger partial charge in [0.1, 0.15) is 0 Å². The van der Waals surface area contributed by atoms with Crippen molar-refractivity contribution in [1.29, 1.82) is 0 Å². The summed E-state index contributed by atoms with van der Waals surface area (Å²) < 4.78 is 3.52. The first-order chi connectivity index (χ1) is 7.65. The number of nitrogens with two attached hydrogens (primary N) is 1. The number of para-hydroxylation sites is 1. The summed E-state index contributed by atoms with van der Waals surface area (Å²) in [5.74, 6) is 0. The maximum Gasteiger partial charge on any atom is 0.0629 e. The Morgan fingerprint density at radius 1 is 1.38 bits per heavy atom. The summed E-state index contributed by atoms with van der Waals surface area (Å²) in [5, 5.41) is 1.28. The molecule has 0 radical (unpaired) electrons. The Balaban J connectivity index is 2.72. The molecule has 0 aliphatic rings. The predicted molar refractivity (Wildman–Crippen MR) is 72.8 cm³/mol. The van der Waals surface area contributed by atoms with E-state index in [2.05, 4.69) is 58.6 Å². The zero-order valence-corrected chi connectivity index (χ0v) is 11.3. The standard InChI is InChI=1S/C13H17BrN2/c1-9(2)16-11(6-7-15)8-10-4-3-5-12(14)13(10)16/h3-5,8-9H,6-7,15H2,1-2H3. The van der Waals surface area contributed by atoms with Crippen LogP contribution in [0, 0.1) is 0 Å². The van der Waals surface area contributed by atoms with E-state index in [1.54, 1.807) is 0 Å². The summed E-state index contributed by atoms with van der Waals surface area (Å²) in [6, 6.07) is 9.01. The van der Waals surface area contributed by atoms with Gasteiger partial charge < -0.3 is 10.3 Å². The van der Waals surface area contributed by atoms with Crippen LogP contribution in [0.5, 0.6) is 0 Å². The van der Waals surface area contributed by atoms with Crippen LogP contribution in [-0.4, -0.2) is 11.1 Å². The Morgan fingerprint density at radius 2 is 2.12 bits per heavy atom. The lowest BCUT2D eigenvalue weighted by Gasteiger charge is -2.15. The second-order valence-electron chi connectivity index (χ2n) is 4.32. The second-order valence-corrected chi connectivity index (χ2v) is 5.17. The van der Waals surface area contributed by atoms with Gasteiger partial charge in [0.15, 0.2) is 0 Å². The lowest BCUT2D eigenvalue weighted by Crippen LogP contribution is -2.10. The van der Waals surface area contributed by atoms with Gasteiger partial charge in [-0.05, 0) is 54.9 Å². The first kappa shape index (κ1) is 11.7. The number of aromatic nitrogens is 1. The van der Waals surface area contributed by atoms with Crippen molar-refractivity contribution in [2.24, 2.45) is 5.73 Å². The molecule has 0 unspecified atom stereocenters. The number of hydrogen-bond donors (Lipinski definition) is 1. The zero-order chi connectivity index (χ0) is 11.7. The van der Waals surface area contributed by atoms with E-state index in [9.17, 15) is 0 Å². The summed E-state index contributed by atoms with van der Waals surface area (Å²) in [7, 11) is 0. The van der Waals surface area contributed by atoms with Crippen LogP contribution in [0.25, 0.3) is 10.9 Å². The van der Waals surface area contributed by atoms with E-state index in [0.717, 1.165) is 10.9 Å². The number of fused-ring (bicyclic) bond motifs is 1. The van der Waals surface area contributed by atoms with E-state index in [0.29, 0.717) is 12.6 Å². The molecule has 0 saturated carbocycles. The minimum Gasteiger partial charge on any atom is -0.341 e. The number of hydrogen-bond acceptors (Lipinski definition) is 1. The number of nitrogens with zero attached hydrogens (tertiary/aromatic N) is 1. The third-order valence-electron chi connectivity index (χ3n) is 2.81. The topological polar surface area (TPSA) is 30.9 Å². The van der Waals surface area contributed by atoms with Gasteiger partial charge in [0.25, 0.3) is 0 Å². The van der Waals surface area contributed by atoms with Crippen molar-refractivity contribution in [3.8, 4) is 0 Å². The van der Waals surface area contributed by atoms with E-state index < -0.39 is 0 Å². The molecule has 86 valence electrons. The Kier molecular flexibility index (Phi) is 3.36. The Bertz CT molecular complexity index is 500. The highest BCUT2D eigenvalue weighted by Gasteiger charge is 2.12. The first-order valence-corrected chi connectivity index (χ1v) is 6.43. The predicted octanol–water partition coefficient (Wildman–Crippen LogP) is 3.49. The molecular formula is C13H17BrN2. The molecule has 1 heterocycles. The van der Waals surface area contributed by atoms with Crippen molar-refractivity contribution < 1.29 is 0 Å². The third-order valence-corrected chi connectivity index (χ3v) is 3.45. The van der Waals surface area contributed by atoms with E-state index in [-0.39, 0.29) is 0 Å². The molecule has 1 aromatic heterocycles. The van der Waals surface area contributed by atoms with Gasteiger partial charge in [0, 0.05) is 21.6 Å². The van der Waals surface area contributed by atoms with Crippen LogP contribution in [0.4, 0.5) is 0 Å². The van der Waals surface area contributed by atoms with Crippen LogP contribution in [0.2, 0.25) is 0 Å². The molecule has 0 fully saturated rings. The minimum atomic E-state index is 0.456. The van der Waals surface area contributed by atoms with Gasteiger partial charge in [-0.25, -0.2) is 0 Å². The fourth-order valence-corrected chi connectivity index (χ4v) is 2.80. The van der Waals surface area contributed by atoms with Crippen LogP contribution in [0.15, 0.2) is 28.7 Å². The van der Waals surface area contributed by atoms with Crippen molar-refractivity contribution >= 4 is 26.8 Å². The fraction of sp³-hybridized carbons (Fsp3) is 0.385. The molecule has 2 N–H and O–H groups in total. The monoisotopic (exact) mass is 280 g/mol. The quantitative estimate of drug-likeness (QED) is 0.917. The molecule has 2 rings (SSSR count). The molecule has 2 nitrogen and oxygen atoms in total. The second kappa shape index (κ2) is 4.60. The van der Waals surface area contributed by atoms with Crippen molar-refractivity contribution in [1.82, 2.24) is 4.57 Å². The SMILES string of the molecule is CC(C)n1c(CCN)cc2cccc(Br)c21. The molecule has 0 atom stereocenters. The molecule has 0 aliphatic heterocycles. The molecule has 1 aromatic carbocycles. The van der Waals surface area contributed by atoms with E-state index in [1.807, 2.05) is 0 Å². The van der Waals surface area contributed by atoms with Gasteiger partial charge in [0.05, 0.1) is 5.52 Å². The first-order valence-electron chi connectivity index (χ1n) is 5.63. The highest BCUT2D eigenvalue weighted by Crippen LogP contribution is 2.30. The lowest BCUT2D eigenvalue weighted by molar-refractivity contribution is 0.593. The fourth-order valence-electron chi connectivity index (χ4n) is 2.23. The van der Waals surface area contributed by atoms with Gasteiger partial charge >= 0.3 is 0 Å². The molecule has 2 aromatic rings. The summed E-state index contributed by atoms with van der Waals surface area (Å²) in [5.41, 5.74) is 8.26. The highest BCUT2D eigenvalue weighted by molar-refractivity contribution is 9.10. The normalized spacial score (nSPS) is 11.6. The van der Waals surface area contributed by atoms with Gasteiger partial charge in [-0.2, -0.15) is 0 Å². The van der Waals surface area contributed by atoms with Crippen LogP contribution in [0.1, 0.15) is 25.6 Å². The lowest BCUT2D eigenvalue weighted by atomic mass is 10.2. The molecule has 0 bridgehead atoms. The van der Waals surface area contributed by atoms with Gasteiger partial charge in [0.2, 0.25) is 0 Å². The average molecular weight is 281 g/mol. The zero-order valence-electron chi connectivity index (χ0n) is 9.70. The van der Waals surface area contributed by atoms with Crippen LogP contribution in [-0.2, 0) is 6.42 Å². The minimum absolute atomic E-state index is 0.456. The summed E-state index contributed by atoms with van der Waals surface area (Å²) in [6.45, 7) is 5.11. The average Bonchev–Trinajstić information content (AvgIpc) is 2.58. The molecule has 0 saturated heterocycles. The van der Waals surface area contributed by atoms with E-state index >= 15 is 0 Å². The van der Waals surface area contributed by atoms with Crippen LogP contribution < -0.4 is 5.73 Å². The van der Waals surface area contributed by atoms with Gasteiger partial charge in [-0.3, -0.25) is 0 Å². The summed E-state index contributed by atoms with van der Waals surface area (Å²) >= 11 is 3.63.